The monoisotopic (exact) mass is 510 g/mol. The molecule has 0 aromatic heterocycles. The summed E-state index contributed by atoms with van der Waals surface area (Å²) in [5, 5.41) is 10.2. The third-order valence-corrected chi connectivity index (χ3v) is 7.82. The van der Waals surface area contributed by atoms with Crippen molar-refractivity contribution in [3.05, 3.63) is 24.8 Å². The van der Waals surface area contributed by atoms with Crippen molar-refractivity contribution in [1.29, 1.82) is 0 Å². The van der Waals surface area contributed by atoms with Gasteiger partial charge >= 0.3 is 23.5 Å². The maximum atomic E-state index is 14.7. The molecule has 31 heavy (non-hydrogen) atoms. The fourth-order valence-electron chi connectivity index (χ4n) is 2.72. The van der Waals surface area contributed by atoms with E-state index in [1.54, 1.807) is 0 Å². The van der Waals surface area contributed by atoms with Gasteiger partial charge in [0.05, 0.1) is 12.5 Å². The molecule has 0 aromatic carbocycles. The highest BCUT2D eigenvalue weighted by atomic mass is 31.3. The third kappa shape index (κ3) is 6.45. The largest absolute Gasteiger partial charge is 0.490 e. The second kappa shape index (κ2) is 9.02. The minimum atomic E-state index is -5.79. The first-order valence-corrected chi connectivity index (χ1v) is 12.5. The lowest BCUT2D eigenvalue weighted by Crippen LogP contribution is -2.44. The first-order chi connectivity index (χ1) is 14.0. The number of carbonyl (C=O) groups excluding carboxylic acids is 1. The molecule has 1 fully saturated rings. The zero-order valence-corrected chi connectivity index (χ0v) is 17.9. The Hall–Kier alpha value is -1.12. The van der Waals surface area contributed by atoms with Crippen LogP contribution in [0.4, 0.5) is 4.39 Å². The second-order valence-electron chi connectivity index (χ2n) is 6.26. The van der Waals surface area contributed by atoms with E-state index in [-0.39, 0.29) is 5.84 Å². The Labute approximate surface area is 173 Å². The number of hydrogen-bond acceptors (Lipinski definition) is 10. The SMILES string of the molecule is C=C[C@]1(COP(=O)(O)OP(=O)(O)OP(=O)(O)O)OC(C2C=CC(N)=NC2=O)[C@H](F)[C@@H]1O. The van der Waals surface area contributed by atoms with Crippen LogP contribution in [0, 0.1) is 5.92 Å². The van der Waals surface area contributed by atoms with Crippen LogP contribution in [0.25, 0.3) is 0 Å². The van der Waals surface area contributed by atoms with Crippen molar-refractivity contribution < 1.29 is 65.4 Å². The highest BCUT2D eigenvalue weighted by molar-refractivity contribution is 7.66. The topological polar surface area (TPSA) is 245 Å². The molecule has 7 atom stereocenters. The summed E-state index contributed by atoms with van der Waals surface area (Å²) in [5.74, 6) is -2.34. The number of amidine groups is 1. The first-order valence-electron chi connectivity index (χ1n) is 7.99. The van der Waals surface area contributed by atoms with Gasteiger partial charge in [-0.25, -0.2) is 18.1 Å². The van der Waals surface area contributed by atoms with Crippen molar-refractivity contribution in [2.75, 3.05) is 6.61 Å². The Morgan fingerprint density at radius 3 is 2.39 bits per heavy atom. The number of aliphatic hydroxyl groups excluding tert-OH is 1. The number of phosphoric ester groups is 1. The Bertz CT molecular complexity index is 950. The summed E-state index contributed by atoms with van der Waals surface area (Å²) >= 11 is 0. The van der Waals surface area contributed by atoms with Crippen molar-refractivity contribution in [3.63, 3.8) is 0 Å². The first kappa shape index (κ1) is 26.1. The molecule has 2 aliphatic heterocycles. The van der Waals surface area contributed by atoms with Gasteiger partial charge in [0.25, 0.3) is 5.91 Å². The summed E-state index contributed by atoms with van der Waals surface area (Å²) in [5.41, 5.74) is 3.12. The van der Waals surface area contributed by atoms with Gasteiger partial charge in [-0.05, 0) is 6.08 Å². The normalized spacial score (nSPS) is 35.3. The Morgan fingerprint density at radius 1 is 1.26 bits per heavy atom. The predicted molar refractivity (Wildman–Crippen MR) is 97.8 cm³/mol. The molecule has 1 amide bonds. The third-order valence-electron chi connectivity index (χ3n) is 4.04. The summed E-state index contributed by atoms with van der Waals surface area (Å²) in [6.45, 7) is 2.11. The molecule has 0 aromatic rings. The van der Waals surface area contributed by atoms with Crippen molar-refractivity contribution in [2.24, 2.45) is 16.6 Å². The second-order valence-corrected chi connectivity index (χ2v) is 10.7. The van der Waals surface area contributed by atoms with Crippen molar-refractivity contribution >= 4 is 35.2 Å². The molecule has 0 aliphatic carbocycles. The highest BCUT2D eigenvalue weighted by Crippen LogP contribution is 2.66. The quantitative estimate of drug-likeness (QED) is 0.168. The number of phosphoric acid groups is 3. The number of dihydropyridines is 1. The minimum Gasteiger partial charge on any atom is -0.387 e. The van der Waals surface area contributed by atoms with Crippen molar-refractivity contribution in [2.45, 2.75) is 24.0 Å². The van der Waals surface area contributed by atoms with Crippen molar-refractivity contribution in [1.82, 2.24) is 0 Å². The van der Waals surface area contributed by atoms with Gasteiger partial charge in [0.15, 0.2) is 6.17 Å². The van der Waals surface area contributed by atoms with E-state index < -0.39 is 65.9 Å². The smallest absolute Gasteiger partial charge is 0.387 e. The molecule has 2 heterocycles. The van der Waals surface area contributed by atoms with E-state index in [0.717, 1.165) is 6.08 Å². The molecule has 4 unspecified atom stereocenters. The fourth-order valence-corrected chi connectivity index (χ4v) is 5.77. The van der Waals surface area contributed by atoms with Crippen LogP contribution in [0.3, 0.4) is 0 Å². The van der Waals surface area contributed by atoms with E-state index >= 15 is 0 Å². The van der Waals surface area contributed by atoms with Gasteiger partial charge in [-0.1, -0.05) is 12.2 Å². The predicted octanol–water partition coefficient (Wildman–Crippen LogP) is -0.578. The van der Waals surface area contributed by atoms with Crippen LogP contribution >= 0.6 is 23.5 Å². The number of amides is 1. The lowest BCUT2D eigenvalue weighted by Gasteiger charge is -2.29. The standard InChI is InChI=1S/C12H18FN2O13P3/c1-2-12(5-25-30(21,22)28-31(23,24)27-29(18,19)20)10(16)8(13)9(26-12)6-3-4-7(14)15-11(6)17/h2-4,6,8-10,16H,1,5H2,(H,21,22)(H,23,24)(H2,14,15,17)(H2,18,19,20)/t6?,8-,9?,10-,12+/m0/s1. The Morgan fingerprint density at radius 2 is 1.87 bits per heavy atom. The Kier molecular flexibility index (Phi) is 7.61. The summed E-state index contributed by atoms with van der Waals surface area (Å²) in [6, 6.07) is 0. The molecule has 176 valence electrons. The van der Waals surface area contributed by atoms with Gasteiger partial charge in [0, 0.05) is 0 Å². The summed E-state index contributed by atoms with van der Waals surface area (Å²) in [6.07, 6.45) is -2.80. The average Bonchev–Trinajstić information content (AvgIpc) is 2.82. The van der Waals surface area contributed by atoms with Gasteiger partial charge in [0.1, 0.15) is 23.6 Å². The number of aliphatic imine (C=N–C) groups is 1. The lowest BCUT2D eigenvalue weighted by molar-refractivity contribution is -0.129. The molecule has 2 rings (SSSR count). The molecule has 0 spiro atoms. The number of nitrogens with zero attached hydrogens (tertiary/aromatic N) is 1. The molecule has 2 aliphatic rings. The number of hydrogen-bond donors (Lipinski definition) is 6. The molecule has 0 radical (unpaired) electrons. The number of nitrogens with two attached hydrogens (primary N) is 1. The minimum absolute atomic E-state index is 0.141. The number of halogens is 1. The van der Waals surface area contributed by atoms with Gasteiger partial charge in [0.2, 0.25) is 0 Å². The fraction of sp³-hybridized carbons (Fsp3) is 0.500. The summed E-state index contributed by atoms with van der Waals surface area (Å²) in [4.78, 5) is 51.1. The zero-order valence-electron chi connectivity index (χ0n) is 15.2. The van der Waals surface area contributed by atoms with Crippen LogP contribution in [0.2, 0.25) is 0 Å². The van der Waals surface area contributed by atoms with Crippen molar-refractivity contribution in [3.8, 4) is 0 Å². The van der Waals surface area contributed by atoms with Gasteiger partial charge in [-0.15, -0.1) is 6.58 Å². The maximum absolute atomic E-state index is 14.7. The van der Waals surface area contributed by atoms with Gasteiger partial charge < -0.3 is 35.2 Å². The van der Waals surface area contributed by atoms with E-state index in [9.17, 15) is 32.9 Å². The molecular weight excluding hydrogens is 492 g/mol. The molecule has 19 heteroatoms. The number of ether oxygens (including phenoxy) is 1. The number of rotatable bonds is 9. The van der Waals surface area contributed by atoms with Crippen LogP contribution in [0.5, 0.6) is 0 Å². The molecule has 1 saturated heterocycles. The zero-order chi connectivity index (χ0) is 23.8. The van der Waals surface area contributed by atoms with E-state index in [1.807, 2.05) is 0 Å². The van der Waals surface area contributed by atoms with E-state index in [4.69, 9.17) is 25.2 Å². The van der Waals surface area contributed by atoms with E-state index in [1.165, 1.54) is 12.2 Å². The molecule has 7 N–H and O–H groups in total. The average molecular weight is 510 g/mol. The summed E-state index contributed by atoms with van der Waals surface area (Å²) in [7, 11) is -17.0. The van der Waals surface area contributed by atoms with Crippen LogP contribution in [-0.2, 0) is 36.4 Å². The maximum Gasteiger partial charge on any atom is 0.490 e. The molecular formula is C12H18FN2O13P3. The van der Waals surface area contributed by atoms with Crippen LogP contribution in [-0.4, -0.2) is 67.0 Å². The highest BCUT2D eigenvalue weighted by Gasteiger charge is 2.57. The number of aliphatic hydroxyl groups is 1. The van der Waals surface area contributed by atoms with Gasteiger partial charge in [-0.2, -0.15) is 13.6 Å². The van der Waals surface area contributed by atoms with Crippen LogP contribution in [0.1, 0.15) is 0 Å². The van der Waals surface area contributed by atoms with Gasteiger partial charge in [-0.3, -0.25) is 9.32 Å². The summed E-state index contributed by atoms with van der Waals surface area (Å²) < 4.78 is 65.4. The Balaban J connectivity index is 2.15. The van der Waals surface area contributed by atoms with E-state index in [0.29, 0.717) is 0 Å². The van der Waals surface area contributed by atoms with Crippen LogP contribution < -0.4 is 5.73 Å². The lowest BCUT2D eigenvalue weighted by atomic mass is 9.91. The molecule has 15 nitrogen and oxygen atoms in total. The molecule has 0 saturated carbocycles. The molecule has 0 bridgehead atoms. The van der Waals surface area contributed by atoms with E-state index in [2.05, 4.69) is 24.7 Å². The number of alkyl halides is 1. The number of carbonyl (C=O) groups is 1. The van der Waals surface area contributed by atoms with Crippen LogP contribution in [0.15, 0.2) is 29.8 Å².